The van der Waals surface area contributed by atoms with E-state index in [0.29, 0.717) is 5.69 Å². The van der Waals surface area contributed by atoms with Gasteiger partial charge in [0.25, 0.3) is 0 Å². The number of benzene rings is 1. The summed E-state index contributed by atoms with van der Waals surface area (Å²) in [6.45, 7) is 6.03. The first-order chi connectivity index (χ1) is 13.3. The van der Waals surface area contributed by atoms with Crippen LogP contribution in [0.3, 0.4) is 0 Å². The number of nitrogens with two attached hydrogens (primary N) is 1. The van der Waals surface area contributed by atoms with Gasteiger partial charge in [-0.15, -0.1) is 0 Å². The first-order valence-corrected chi connectivity index (χ1v) is 10.7. The molecule has 2 aromatic rings. The summed E-state index contributed by atoms with van der Waals surface area (Å²) in [6, 6.07) is 11.5. The lowest BCUT2D eigenvalue weighted by molar-refractivity contribution is -0.121. The van der Waals surface area contributed by atoms with E-state index in [1.54, 1.807) is 6.20 Å². The lowest BCUT2D eigenvalue weighted by Gasteiger charge is -2.37. The third-order valence-corrected chi connectivity index (χ3v) is 5.83. The highest BCUT2D eigenvalue weighted by Crippen LogP contribution is 2.15. The Kier molecular flexibility index (Phi) is 6.40. The van der Waals surface area contributed by atoms with Crippen molar-refractivity contribution in [3.8, 4) is 0 Å². The van der Waals surface area contributed by atoms with Crippen molar-refractivity contribution in [2.24, 2.45) is 5.14 Å². The van der Waals surface area contributed by atoms with E-state index >= 15 is 0 Å². The minimum Gasteiger partial charge on any atom is -0.325 e. The fraction of sp³-hybridized carbons (Fsp3) is 0.368. The van der Waals surface area contributed by atoms with Crippen LogP contribution in [0.25, 0.3) is 0 Å². The molecule has 0 aliphatic carbocycles. The van der Waals surface area contributed by atoms with Crippen molar-refractivity contribution in [3.05, 3.63) is 54.4 Å². The molecule has 1 unspecified atom stereocenters. The Bertz CT molecular complexity index is 895. The first-order valence-electron chi connectivity index (χ1n) is 9.13. The molecule has 1 aromatic carbocycles. The molecule has 0 bridgehead atoms. The standard InChI is InChI=1S/C19H25N5O3S/c1-15(19(25)22-16-5-7-18(8-6-16)28(20,26)27)24-12-10-23(11-13-24)14-17-4-2-3-9-21-17/h2-9,15H,10-14H2,1H3,(H,22,25)(H2,20,26,27). The Balaban J connectivity index is 1.50. The minimum atomic E-state index is -3.74. The van der Waals surface area contributed by atoms with Gasteiger partial charge in [0.15, 0.2) is 0 Å². The van der Waals surface area contributed by atoms with Gasteiger partial charge >= 0.3 is 0 Å². The van der Waals surface area contributed by atoms with Gasteiger partial charge in [0.1, 0.15) is 0 Å². The minimum absolute atomic E-state index is 0.0163. The molecule has 1 fully saturated rings. The number of nitrogens with zero attached hydrogens (tertiary/aromatic N) is 3. The molecule has 8 nitrogen and oxygen atoms in total. The molecule has 1 aromatic heterocycles. The lowest BCUT2D eigenvalue weighted by atomic mass is 10.2. The van der Waals surface area contributed by atoms with Crippen LogP contribution in [0.2, 0.25) is 0 Å². The second-order valence-corrected chi connectivity index (χ2v) is 8.43. The van der Waals surface area contributed by atoms with Gasteiger partial charge < -0.3 is 5.32 Å². The van der Waals surface area contributed by atoms with E-state index in [4.69, 9.17) is 5.14 Å². The molecule has 1 saturated heterocycles. The molecule has 28 heavy (non-hydrogen) atoms. The smallest absolute Gasteiger partial charge is 0.241 e. The maximum Gasteiger partial charge on any atom is 0.241 e. The highest BCUT2D eigenvalue weighted by Gasteiger charge is 2.25. The van der Waals surface area contributed by atoms with Crippen molar-refractivity contribution in [2.45, 2.75) is 24.4 Å². The Morgan fingerprint density at radius 1 is 1.14 bits per heavy atom. The predicted octanol–water partition coefficient (Wildman–Crippen LogP) is 0.874. The second kappa shape index (κ2) is 8.78. The van der Waals surface area contributed by atoms with Gasteiger partial charge in [-0.05, 0) is 43.3 Å². The molecule has 150 valence electrons. The molecule has 1 aliphatic rings. The Morgan fingerprint density at radius 2 is 1.82 bits per heavy atom. The summed E-state index contributed by atoms with van der Waals surface area (Å²) in [7, 11) is -3.74. The third-order valence-electron chi connectivity index (χ3n) is 4.90. The lowest BCUT2D eigenvalue weighted by Crippen LogP contribution is -2.52. The van der Waals surface area contributed by atoms with Gasteiger partial charge in [0, 0.05) is 44.6 Å². The zero-order valence-electron chi connectivity index (χ0n) is 15.8. The number of hydrogen-bond acceptors (Lipinski definition) is 6. The number of pyridine rings is 1. The third kappa shape index (κ3) is 5.35. The Hall–Kier alpha value is -2.33. The molecule has 0 saturated carbocycles. The summed E-state index contributed by atoms with van der Waals surface area (Å²) < 4.78 is 22.6. The molecule has 9 heteroatoms. The van der Waals surface area contributed by atoms with Crippen molar-refractivity contribution < 1.29 is 13.2 Å². The summed E-state index contributed by atoms with van der Waals surface area (Å²) in [5.74, 6) is -0.124. The number of rotatable bonds is 6. The number of hydrogen-bond donors (Lipinski definition) is 2. The van der Waals surface area contributed by atoms with Crippen LogP contribution in [0.1, 0.15) is 12.6 Å². The van der Waals surface area contributed by atoms with Crippen LogP contribution in [-0.2, 0) is 21.4 Å². The average Bonchev–Trinajstić information content (AvgIpc) is 2.68. The normalized spacial score (nSPS) is 17.2. The number of carbonyl (C=O) groups excluding carboxylic acids is 1. The summed E-state index contributed by atoms with van der Waals surface area (Å²) in [5.41, 5.74) is 1.59. The van der Waals surface area contributed by atoms with Crippen LogP contribution in [0.15, 0.2) is 53.6 Å². The Labute approximate surface area is 165 Å². The number of carbonyl (C=O) groups is 1. The van der Waals surface area contributed by atoms with Crippen molar-refractivity contribution >= 4 is 21.6 Å². The van der Waals surface area contributed by atoms with E-state index in [9.17, 15) is 13.2 Å². The van der Waals surface area contributed by atoms with Gasteiger partial charge in [0.05, 0.1) is 16.6 Å². The van der Waals surface area contributed by atoms with Crippen LogP contribution in [-0.4, -0.2) is 61.3 Å². The molecule has 1 amide bonds. The van der Waals surface area contributed by atoms with E-state index in [1.165, 1.54) is 24.3 Å². The fourth-order valence-corrected chi connectivity index (χ4v) is 3.69. The summed E-state index contributed by atoms with van der Waals surface area (Å²) in [5, 5.41) is 7.91. The first kappa shape index (κ1) is 20.4. The van der Waals surface area contributed by atoms with Crippen LogP contribution >= 0.6 is 0 Å². The van der Waals surface area contributed by atoms with Gasteiger partial charge in [-0.25, -0.2) is 13.6 Å². The molecule has 3 N–H and O–H groups in total. The van der Waals surface area contributed by atoms with Crippen molar-refractivity contribution in [3.63, 3.8) is 0 Å². The molecular weight excluding hydrogens is 378 g/mol. The van der Waals surface area contributed by atoms with Crippen LogP contribution < -0.4 is 10.5 Å². The molecule has 2 heterocycles. The van der Waals surface area contributed by atoms with E-state index in [2.05, 4.69) is 20.1 Å². The molecular formula is C19H25N5O3S. The van der Waals surface area contributed by atoms with Crippen LogP contribution in [0.4, 0.5) is 5.69 Å². The maximum absolute atomic E-state index is 12.5. The number of amides is 1. The number of anilines is 1. The number of primary sulfonamides is 1. The quantitative estimate of drug-likeness (QED) is 0.741. The number of aromatic nitrogens is 1. The largest absolute Gasteiger partial charge is 0.325 e. The Morgan fingerprint density at radius 3 is 2.39 bits per heavy atom. The van der Waals surface area contributed by atoms with Crippen LogP contribution in [0.5, 0.6) is 0 Å². The topological polar surface area (TPSA) is 109 Å². The van der Waals surface area contributed by atoms with Crippen LogP contribution in [0, 0.1) is 0 Å². The molecule has 0 spiro atoms. The van der Waals surface area contributed by atoms with Gasteiger partial charge in [-0.3, -0.25) is 19.6 Å². The van der Waals surface area contributed by atoms with Crippen molar-refractivity contribution in [1.82, 2.24) is 14.8 Å². The zero-order valence-corrected chi connectivity index (χ0v) is 16.6. The predicted molar refractivity (Wildman–Crippen MR) is 107 cm³/mol. The van der Waals surface area contributed by atoms with E-state index in [-0.39, 0.29) is 16.8 Å². The van der Waals surface area contributed by atoms with Crippen molar-refractivity contribution in [1.29, 1.82) is 0 Å². The summed E-state index contributed by atoms with van der Waals surface area (Å²) >= 11 is 0. The maximum atomic E-state index is 12.5. The SMILES string of the molecule is CC(C(=O)Nc1ccc(S(N)(=O)=O)cc1)N1CCN(Cc2ccccn2)CC1. The number of nitrogens with one attached hydrogen (secondary N) is 1. The van der Waals surface area contributed by atoms with Gasteiger partial charge in [0.2, 0.25) is 15.9 Å². The number of sulfonamides is 1. The zero-order chi connectivity index (χ0) is 20.1. The summed E-state index contributed by atoms with van der Waals surface area (Å²) in [4.78, 5) is 21.4. The average molecular weight is 404 g/mol. The van der Waals surface area contributed by atoms with Gasteiger partial charge in [-0.1, -0.05) is 6.07 Å². The second-order valence-electron chi connectivity index (χ2n) is 6.87. The van der Waals surface area contributed by atoms with E-state index in [1.807, 2.05) is 25.1 Å². The van der Waals surface area contributed by atoms with E-state index in [0.717, 1.165) is 38.4 Å². The molecule has 0 radical (unpaired) electrons. The number of piperazine rings is 1. The van der Waals surface area contributed by atoms with Crippen molar-refractivity contribution in [2.75, 3.05) is 31.5 Å². The fourth-order valence-electron chi connectivity index (χ4n) is 3.17. The highest BCUT2D eigenvalue weighted by atomic mass is 32.2. The van der Waals surface area contributed by atoms with Gasteiger partial charge in [-0.2, -0.15) is 0 Å². The monoisotopic (exact) mass is 403 g/mol. The highest BCUT2D eigenvalue weighted by molar-refractivity contribution is 7.89. The van der Waals surface area contributed by atoms with E-state index < -0.39 is 10.0 Å². The molecule has 1 aliphatic heterocycles. The summed E-state index contributed by atoms with van der Waals surface area (Å²) in [6.07, 6.45) is 1.80. The molecule has 1 atom stereocenters. The molecule has 3 rings (SSSR count).